The maximum absolute atomic E-state index is 8.82. The summed E-state index contributed by atoms with van der Waals surface area (Å²) in [5, 5.41) is 10.1. The molecule has 4 heteroatoms. The van der Waals surface area contributed by atoms with Crippen molar-refractivity contribution in [3.05, 3.63) is 36.2 Å². The molecule has 0 rings (SSSR count). The van der Waals surface area contributed by atoms with E-state index in [9.17, 15) is 0 Å². The molecular weight excluding hydrogens is 200 g/mol. The second-order valence-corrected chi connectivity index (χ2v) is 3.11. The van der Waals surface area contributed by atoms with Crippen LogP contribution in [0, 0.1) is 0 Å². The van der Waals surface area contributed by atoms with Gasteiger partial charge < -0.3 is 0 Å². The van der Waals surface area contributed by atoms with Crippen LogP contribution in [-0.2, 0) is 0 Å². The molecule has 0 aromatic carbocycles. The van der Waals surface area contributed by atoms with Crippen LogP contribution in [0.15, 0.2) is 41.2 Å². The fourth-order valence-corrected chi connectivity index (χ4v) is 0.754. The Hall–Kier alpha value is -1.06. The van der Waals surface area contributed by atoms with Crippen LogP contribution >= 0.6 is 11.6 Å². The van der Waals surface area contributed by atoms with Gasteiger partial charge in [0.2, 0.25) is 0 Å². The van der Waals surface area contributed by atoms with Gasteiger partial charge in [-0.15, -0.1) is 0 Å². The van der Waals surface area contributed by atoms with E-state index in [2.05, 4.69) is 11.6 Å². The molecular formula is C10H15ClN2O. The highest BCUT2D eigenvalue weighted by Gasteiger charge is 1.97. The standard InChI is InChI=1S/C10H15ClN2O/c1-5-9(3)12-10(11)8(2)6-7-13(4)14/h5-7,14H,2H2,1,3-4H3/b7-6-,9-5+,12-10+. The molecule has 0 fully saturated rings. The second-order valence-electron chi connectivity index (χ2n) is 2.75. The van der Waals surface area contributed by atoms with Crippen molar-refractivity contribution in [3.63, 3.8) is 0 Å². The number of rotatable bonds is 4. The minimum atomic E-state index is 0.318. The first-order chi connectivity index (χ1) is 6.47. The maximum Gasteiger partial charge on any atom is 0.135 e. The SMILES string of the molecule is C=C(/C=C\N(C)O)/C(Cl)=N\C(C)=C\C. The molecule has 0 aromatic heterocycles. The van der Waals surface area contributed by atoms with E-state index >= 15 is 0 Å². The van der Waals surface area contributed by atoms with E-state index in [0.29, 0.717) is 10.7 Å². The van der Waals surface area contributed by atoms with Crippen molar-refractivity contribution in [1.29, 1.82) is 0 Å². The first-order valence-corrected chi connectivity index (χ1v) is 4.51. The Balaban J connectivity index is 4.48. The predicted octanol–water partition coefficient (Wildman–Crippen LogP) is 2.94. The Morgan fingerprint density at radius 2 is 2.14 bits per heavy atom. The van der Waals surface area contributed by atoms with E-state index in [-0.39, 0.29) is 0 Å². The first kappa shape index (κ1) is 12.9. The fourth-order valence-electron chi connectivity index (χ4n) is 0.558. The van der Waals surface area contributed by atoms with Gasteiger partial charge in [0.25, 0.3) is 0 Å². The zero-order valence-electron chi connectivity index (χ0n) is 8.66. The summed E-state index contributed by atoms with van der Waals surface area (Å²) >= 11 is 5.85. The quantitative estimate of drug-likeness (QED) is 0.444. The largest absolute Gasteiger partial charge is 0.289 e. The minimum absolute atomic E-state index is 0.318. The third kappa shape index (κ3) is 5.56. The number of aliphatic imine (C=N–C) groups is 1. The predicted molar refractivity (Wildman–Crippen MR) is 60.5 cm³/mol. The number of hydrogen-bond donors (Lipinski definition) is 1. The van der Waals surface area contributed by atoms with Gasteiger partial charge in [-0.3, -0.25) is 10.3 Å². The zero-order valence-corrected chi connectivity index (χ0v) is 9.41. The van der Waals surface area contributed by atoms with E-state index < -0.39 is 0 Å². The third-order valence-corrected chi connectivity index (χ3v) is 1.78. The highest BCUT2D eigenvalue weighted by Crippen LogP contribution is 2.06. The molecule has 0 unspecified atom stereocenters. The lowest BCUT2D eigenvalue weighted by Crippen LogP contribution is -2.02. The van der Waals surface area contributed by atoms with Gasteiger partial charge >= 0.3 is 0 Å². The van der Waals surface area contributed by atoms with Crippen LogP contribution in [0.25, 0.3) is 0 Å². The van der Waals surface area contributed by atoms with Crippen molar-refractivity contribution in [2.75, 3.05) is 7.05 Å². The van der Waals surface area contributed by atoms with Crippen LogP contribution in [0.2, 0.25) is 0 Å². The lowest BCUT2D eigenvalue weighted by molar-refractivity contribution is -0.0128. The molecule has 0 aromatic rings. The van der Waals surface area contributed by atoms with Crippen molar-refractivity contribution in [1.82, 2.24) is 5.06 Å². The monoisotopic (exact) mass is 214 g/mol. The van der Waals surface area contributed by atoms with Crippen LogP contribution in [0.3, 0.4) is 0 Å². The van der Waals surface area contributed by atoms with E-state index in [1.807, 2.05) is 19.9 Å². The average molecular weight is 215 g/mol. The molecule has 0 saturated carbocycles. The lowest BCUT2D eigenvalue weighted by atomic mass is 10.3. The fraction of sp³-hybridized carbons (Fsp3) is 0.300. The number of hydrogen-bond acceptors (Lipinski definition) is 3. The van der Waals surface area contributed by atoms with Gasteiger partial charge in [-0.1, -0.05) is 24.3 Å². The molecule has 0 aliphatic rings. The molecule has 14 heavy (non-hydrogen) atoms. The van der Waals surface area contributed by atoms with Crippen LogP contribution in [0.4, 0.5) is 0 Å². The molecule has 0 atom stereocenters. The molecule has 78 valence electrons. The van der Waals surface area contributed by atoms with Crippen molar-refractivity contribution in [3.8, 4) is 0 Å². The minimum Gasteiger partial charge on any atom is -0.289 e. The topological polar surface area (TPSA) is 35.8 Å². The molecule has 0 bridgehead atoms. The van der Waals surface area contributed by atoms with Gasteiger partial charge in [0.05, 0.1) is 0 Å². The smallest absolute Gasteiger partial charge is 0.135 e. The average Bonchev–Trinajstić information content (AvgIpc) is 2.13. The summed E-state index contributed by atoms with van der Waals surface area (Å²) in [5.41, 5.74) is 1.37. The first-order valence-electron chi connectivity index (χ1n) is 4.13. The molecule has 0 saturated heterocycles. The molecule has 0 aliphatic heterocycles. The summed E-state index contributed by atoms with van der Waals surface area (Å²) in [6.07, 6.45) is 4.86. The van der Waals surface area contributed by atoms with E-state index in [0.717, 1.165) is 10.8 Å². The van der Waals surface area contributed by atoms with Crippen LogP contribution in [0.5, 0.6) is 0 Å². The van der Waals surface area contributed by atoms with Gasteiger partial charge in [-0.2, -0.15) is 0 Å². The van der Waals surface area contributed by atoms with Crippen molar-refractivity contribution >= 4 is 16.8 Å². The van der Waals surface area contributed by atoms with Gasteiger partial charge in [0.1, 0.15) is 5.17 Å². The normalized spacial score (nSPS) is 13.5. The molecule has 0 aliphatic carbocycles. The number of hydroxylamine groups is 2. The maximum atomic E-state index is 8.82. The van der Waals surface area contributed by atoms with Crippen LogP contribution in [0.1, 0.15) is 13.8 Å². The van der Waals surface area contributed by atoms with Crippen molar-refractivity contribution in [2.45, 2.75) is 13.8 Å². The van der Waals surface area contributed by atoms with Crippen molar-refractivity contribution < 1.29 is 5.21 Å². The Bertz CT molecular complexity index is 290. The second kappa shape index (κ2) is 6.40. The Kier molecular flexibility index (Phi) is 5.92. The van der Waals surface area contributed by atoms with Gasteiger partial charge in [-0.25, -0.2) is 4.99 Å². The summed E-state index contributed by atoms with van der Waals surface area (Å²) in [4.78, 5) is 4.07. The molecule has 0 radical (unpaired) electrons. The van der Waals surface area contributed by atoms with Gasteiger partial charge in [-0.05, 0) is 19.9 Å². The highest BCUT2D eigenvalue weighted by atomic mass is 35.5. The summed E-state index contributed by atoms with van der Waals surface area (Å²) < 4.78 is 0. The molecule has 0 spiro atoms. The summed E-state index contributed by atoms with van der Waals surface area (Å²) in [6.45, 7) is 7.42. The highest BCUT2D eigenvalue weighted by molar-refractivity contribution is 6.70. The summed E-state index contributed by atoms with van der Waals surface area (Å²) in [5.74, 6) is 0. The molecule has 3 nitrogen and oxygen atoms in total. The molecule has 0 heterocycles. The van der Waals surface area contributed by atoms with Crippen molar-refractivity contribution in [2.24, 2.45) is 4.99 Å². The third-order valence-electron chi connectivity index (χ3n) is 1.45. The molecule has 0 amide bonds. The van der Waals surface area contributed by atoms with Gasteiger partial charge in [0.15, 0.2) is 0 Å². The Morgan fingerprint density at radius 3 is 2.57 bits per heavy atom. The summed E-state index contributed by atoms with van der Waals surface area (Å²) in [7, 11) is 1.49. The van der Waals surface area contributed by atoms with Crippen LogP contribution in [-0.4, -0.2) is 22.5 Å². The Labute approximate surface area is 89.7 Å². The number of halogens is 1. The number of nitrogens with zero attached hydrogens (tertiary/aromatic N) is 2. The summed E-state index contributed by atoms with van der Waals surface area (Å²) in [6, 6.07) is 0. The van der Waals surface area contributed by atoms with Gasteiger partial charge in [0, 0.05) is 24.5 Å². The van der Waals surface area contributed by atoms with E-state index in [1.165, 1.54) is 13.2 Å². The van der Waals surface area contributed by atoms with Crippen LogP contribution < -0.4 is 0 Å². The lowest BCUT2D eigenvalue weighted by Gasteiger charge is -2.02. The zero-order chi connectivity index (χ0) is 11.1. The van der Waals surface area contributed by atoms with E-state index in [1.54, 1.807) is 6.08 Å². The number of allylic oxidation sites excluding steroid dienone is 4. The van der Waals surface area contributed by atoms with E-state index in [4.69, 9.17) is 16.8 Å². The Morgan fingerprint density at radius 1 is 1.57 bits per heavy atom. The molecule has 1 N–H and O–H groups in total.